The SMILES string of the molecule is Nc1ccc(NCCO)c2nc[n+]([O-])cc12. The molecule has 0 saturated carbocycles. The van der Waals surface area contributed by atoms with Crippen LogP contribution in [0.3, 0.4) is 0 Å². The molecule has 1 aromatic carbocycles. The van der Waals surface area contributed by atoms with Crippen LogP contribution in [0.4, 0.5) is 11.4 Å². The number of nitrogens with two attached hydrogens (primary N) is 1. The molecule has 6 heteroatoms. The zero-order chi connectivity index (χ0) is 11.5. The predicted octanol–water partition coefficient (Wildman–Crippen LogP) is -0.145. The van der Waals surface area contributed by atoms with Crippen LogP contribution >= 0.6 is 0 Å². The lowest BCUT2D eigenvalue weighted by atomic mass is 10.2. The maximum atomic E-state index is 11.1. The Morgan fingerprint density at radius 3 is 3.06 bits per heavy atom. The molecule has 16 heavy (non-hydrogen) atoms. The molecule has 84 valence electrons. The van der Waals surface area contributed by atoms with Crippen molar-refractivity contribution in [3.8, 4) is 0 Å². The summed E-state index contributed by atoms with van der Waals surface area (Å²) in [5.41, 5.74) is 7.63. The first-order valence-electron chi connectivity index (χ1n) is 4.84. The molecule has 0 aliphatic carbocycles. The van der Waals surface area contributed by atoms with Crippen LogP contribution in [0.5, 0.6) is 0 Å². The lowest BCUT2D eigenvalue weighted by molar-refractivity contribution is -0.607. The molecule has 0 radical (unpaired) electrons. The van der Waals surface area contributed by atoms with Crippen LogP contribution in [-0.4, -0.2) is 23.2 Å². The van der Waals surface area contributed by atoms with E-state index in [-0.39, 0.29) is 6.61 Å². The molecule has 0 fully saturated rings. The van der Waals surface area contributed by atoms with Gasteiger partial charge in [0.2, 0.25) is 5.52 Å². The Labute approximate surface area is 91.9 Å². The largest absolute Gasteiger partial charge is 0.711 e. The standard InChI is InChI=1S/C10H12N4O2/c11-8-1-2-9(12-3-4-15)10-7(8)5-14(16)6-13-10/h1-2,5-6,12,15H,3-4,11H2. The number of aromatic nitrogens is 2. The van der Waals surface area contributed by atoms with Crippen LogP contribution in [-0.2, 0) is 0 Å². The van der Waals surface area contributed by atoms with E-state index in [1.165, 1.54) is 12.5 Å². The first-order valence-corrected chi connectivity index (χ1v) is 4.84. The monoisotopic (exact) mass is 220 g/mol. The number of hydrogen-bond donors (Lipinski definition) is 3. The van der Waals surface area contributed by atoms with Crippen molar-refractivity contribution in [3.63, 3.8) is 0 Å². The minimum absolute atomic E-state index is 0.0280. The summed E-state index contributed by atoms with van der Waals surface area (Å²) in [5.74, 6) is 0. The van der Waals surface area contributed by atoms with Gasteiger partial charge in [-0.2, -0.15) is 0 Å². The molecule has 0 bridgehead atoms. The van der Waals surface area contributed by atoms with Crippen molar-refractivity contribution in [2.45, 2.75) is 0 Å². The molecule has 6 nitrogen and oxygen atoms in total. The van der Waals surface area contributed by atoms with Crippen molar-refractivity contribution >= 4 is 22.3 Å². The number of benzene rings is 1. The highest BCUT2D eigenvalue weighted by Gasteiger charge is 2.10. The molecule has 0 saturated heterocycles. The molecule has 0 amide bonds. The van der Waals surface area contributed by atoms with Crippen molar-refractivity contribution in [2.24, 2.45) is 0 Å². The fourth-order valence-corrected chi connectivity index (χ4v) is 1.51. The van der Waals surface area contributed by atoms with E-state index in [0.29, 0.717) is 27.9 Å². The van der Waals surface area contributed by atoms with E-state index < -0.39 is 0 Å². The highest BCUT2D eigenvalue weighted by molar-refractivity contribution is 5.97. The summed E-state index contributed by atoms with van der Waals surface area (Å²) in [6.07, 6.45) is 2.55. The number of aliphatic hydroxyl groups is 1. The number of nitrogens with one attached hydrogen (secondary N) is 1. The van der Waals surface area contributed by atoms with Gasteiger partial charge in [0.15, 0.2) is 0 Å². The number of rotatable bonds is 3. The van der Waals surface area contributed by atoms with Crippen molar-refractivity contribution in [2.75, 3.05) is 24.2 Å². The number of fused-ring (bicyclic) bond motifs is 1. The quantitative estimate of drug-likeness (QED) is 0.380. The molecular weight excluding hydrogens is 208 g/mol. The van der Waals surface area contributed by atoms with Gasteiger partial charge in [-0.15, -0.1) is 0 Å². The maximum absolute atomic E-state index is 11.1. The average molecular weight is 220 g/mol. The smallest absolute Gasteiger partial charge is 0.289 e. The van der Waals surface area contributed by atoms with Crippen molar-refractivity contribution in [1.82, 2.24) is 4.98 Å². The highest BCUT2D eigenvalue weighted by atomic mass is 16.5. The second-order valence-electron chi connectivity index (χ2n) is 3.35. The Morgan fingerprint density at radius 1 is 1.50 bits per heavy atom. The summed E-state index contributed by atoms with van der Waals surface area (Å²) < 4.78 is 0.606. The molecule has 2 rings (SSSR count). The number of nitrogens with zero attached hydrogens (tertiary/aromatic N) is 2. The van der Waals surface area contributed by atoms with Crippen LogP contribution in [0.25, 0.3) is 10.9 Å². The van der Waals surface area contributed by atoms with E-state index in [2.05, 4.69) is 10.3 Å². The molecule has 0 spiro atoms. The molecule has 1 aromatic heterocycles. The zero-order valence-corrected chi connectivity index (χ0v) is 8.55. The van der Waals surface area contributed by atoms with Gasteiger partial charge in [-0.25, -0.2) is 4.73 Å². The molecule has 2 aromatic rings. The summed E-state index contributed by atoms with van der Waals surface area (Å²) in [5, 5.41) is 23.4. The van der Waals surface area contributed by atoms with Crippen LogP contribution < -0.4 is 15.8 Å². The minimum Gasteiger partial charge on any atom is -0.711 e. The van der Waals surface area contributed by atoms with Gasteiger partial charge >= 0.3 is 0 Å². The molecular formula is C10H12N4O2. The summed E-state index contributed by atoms with van der Waals surface area (Å²) in [6.45, 7) is 0.452. The van der Waals surface area contributed by atoms with E-state index in [1.54, 1.807) is 12.1 Å². The third kappa shape index (κ3) is 1.82. The summed E-state index contributed by atoms with van der Waals surface area (Å²) >= 11 is 0. The Balaban J connectivity index is 2.55. The third-order valence-corrected chi connectivity index (χ3v) is 2.24. The topological polar surface area (TPSA) is 98.1 Å². The molecule has 1 heterocycles. The van der Waals surface area contributed by atoms with Crippen LogP contribution in [0.1, 0.15) is 0 Å². The molecule has 4 N–H and O–H groups in total. The van der Waals surface area contributed by atoms with Gasteiger partial charge in [0.1, 0.15) is 6.20 Å². The van der Waals surface area contributed by atoms with E-state index in [1.807, 2.05) is 0 Å². The first-order chi connectivity index (χ1) is 7.72. The van der Waals surface area contributed by atoms with Gasteiger partial charge in [-0.05, 0) is 17.1 Å². The van der Waals surface area contributed by atoms with E-state index in [4.69, 9.17) is 10.8 Å². The summed E-state index contributed by atoms with van der Waals surface area (Å²) in [4.78, 5) is 4.02. The lowest BCUT2D eigenvalue weighted by Gasteiger charge is -2.07. The Hall–Kier alpha value is -2.08. The predicted molar refractivity (Wildman–Crippen MR) is 60.7 cm³/mol. The van der Waals surface area contributed by atoms with Crippen molar-refractivity contribution in [1.29, 1.82) is 0 Å². The van der Waals surface area contributed by atoms with Gasteiger partial charge in [-0.1, -0.05) is 0 Å². The normalized spacial score (nSPS) is 10.6. The van der Waals surface area contributed by atoms with Crippen molar-refractivity contribution in [3.05, 3.63) is 29.9 Å². The van der Waals surface area contributed by atoms with E-state index in [9.17, 15) is 5.21 Å². The molecule has 0 aliphatic heterocycles. The third-order valence-electron chi connectivity index (χ3n) is 2.24. The van der Waals surface area contributed by atoms with Gasteiger partial charge in [0, 0.05) is 12.2 Å². The Morgan fingerprint density at radius 2 is 2.31 bits per heavy atom. The van der Waals surface area contributed by atoms with Gasteiger partial charge in [-0.3, -0.25) is 0 Å². The molecule has 0 atom stereocenters. The summed E-state index contributed by atoms with van der Waals surface area (Å²) in [7, 11) is 0. The highest BCUT2D eigenvalue weighted by Crippen LogP contribution is 2.24. The zero-order valence-electron chi connectivity index (χ0n) is 8.55. The fourth-order valence-electron chi connectivity index (χ4n) is 1.51. The van der Waals surface area contributed by atoms with Crippen LogP contribution in [0, 0.1) is 5.21 Å². The van der Waals surface area contributed by atoms with Crippen LogP contribution in [0.2, 0.25) is 0 Å². The maximum Gasteiger partial charge on any atom is 0.289 e. The molecule has 0 unspecified atom stereocenters. The fraction of sp³-hybridized carbons (Fsp3) is 0.200. The van der Waals surface area contributed by atoms with E-state index >= 15 is 0 Å². The Bertz CT molecular complexity index is 515. The first kappa shape index (κ1) is 10.4. The van der Waals surface area contributed by atoms with Gasteiger partial charge < -0.3 is 21.4 Å². The average Bonchev–Trinajstić information content (AvgIpc) is 2.29. The Kier molecular flexibility index (Phi) is 2.74. The second kappa shape index (κ2) is 4.19. The van der Waals surface area contributed by atoms with E-state index in [0.717, 1.165) is 5.69 Å². The van der Waals surface area contributed by atoms with Crippen LogP contribution in [0.15, 0.2) is 24.7 Å². The number of aliphatic hydroxyl groups excluding tert-OH is 1. The number of hydrogen-bond acceptors (Lipinski definition) is 5. The number of anilines is 2. The minimum atomic E-state index is 0.0280. The van der Waals surface area contributed by atoms with Gasteiger partial charge in [0.05, 0.1) is 17.7 Å². The second-order valence-corrected chi connectivity index (χ2v) is 3.35. The van der Waals surface area contributed by atoms with Gasteiger partial charge in [0.25, 0.3) is 6.33 Å². The van der Waals surface area contributed by atoms with Crippen molar-refractivity contribution < 1.29 is 9.84 Å². The summed E-state index contributed by atoms with van der Waals surface area (Å²) in [6, 6.07) is 3.47. The lowest BCUT2D eigenvalue weighted by Crippen LogP contribution is -2.25. The molecule has 0 aliphatic rings. The number of nitrogen functional groups attached to an aromatic ring is 1.